The molecular weight excluding hydrogens is 404 g/mol. The SMILES string of the molecule is Cc1cc(NC(=O)c2ccccc2Cl)sc1C(=O)N(C)c1cccc(C(C)C)c1. The second-order valence-electron chi connectivity index (χ2n) is 7.17. The Morgan fingerprint density at radius 2 is 1.79 bits per heavy atom. The summed E-state index contributed by atoms with van der Waals surface area (Å²) in [6, 6.07) is 16.7. The molecule has 4 nitrogen and oxygen atoms in total. The van der Waals surface area contributed by atoms with Crippen molar-refractivity contribution in [2.24, 2.45) is 0 Å². The molecule has 2 amide bonds. The van der Waals surface area contributed by atoms with Gasteiger partial charge < -0.3 is 10.2 Å². The maximum atomic E-state index is 13.1. The van der Waals surface area contributed by atoms with Crippen LogP contribution in [0.25, 0.3) is 0 Å². The van der Waals surface area contributed by atoms with Gasteiger partial charge in [-0.15, -0.1) is 11.3 Å². The number of nitrogens with one attached hydrogen (secondary N) is 1. The van der Waals surface area contributed by atoms with Crippen LogP contribution in [0.4, 0.5) is 10.7 Å². The van der Waals surface area contributed by atoms with Gasteiger partial charge >= 0.3 is 0 Å². The van der Waals surface area contributed by atoms with Crippen LogP contribution >= 0.6 is 22.9 Å². The van der Waals surface area contributed by atoms with E-state index in [-0.39, 0.29) is 11.8 Å². The molecule has 0 fully saturated rings. The van der Waals surface area contributed by atoms with Crippen LogP contribution in [-0.2, 0) is 0 Å². The first-order chi connectivity index (χ1) is 13.8. The zero-order chi connectivity index (χ0) is 21.1. The Labute approximate surface area is 180 Å². The predicted octanol–water partition coefficient (Wildman–Crippen LogP) is 6.36. The van der Waals surface area contributed by atoms with Crippen LogP contribution in [0.2, 0.25) is 5.02 Å². The maximum absolute atomic E-state index is 13.1. The monoisotopic (exact) mass is 426 g/mol. The van der Waals surface area contributed by atoms with Gasteiger partial charge in [-0.1, -0.05) is 49.7 Å². The number of carbonyl (C=O) groups excluding carboxylic acids is 2. The Bertz CT molecular complexity index is 1060. The minimum atomic E-state index is -0.297. The molecule has 0 radical (unpaired) electrons. The first-order valence-corrected chi connectivity index (χ1v) is 10.5. The summed E-state index contributed by atoms with van der Waals surface area (Å²) in [6.07, 6.45) is 0. The lowest BCUT2D eigenvalue weighted by molar-refractivity contribution is 0.0994. The van der Waals surface area contributed by atoms with Gasteiger partial charge in [0.1, 0.15) is 0 Å². The smallest absolute Gasteiger partial charge is 0.268 e. The van der Waals surface area contributed by atoms with Crippen molar-refractivity contribution >= 4 is 45.4 Å². The number of halogens is 1. The van der Waals surface area contributed by atoms with E-state index in [0.717, 1.165) is 11.3 Å². The minimum Gasteiger partial charge on any atom is -0.313 e. The van der Waals surface area contributed by atoms with Crippen LogP contribution < -0.4 is 10.2 Å². The standard InChI is InChI=1S/C23H23ClN2O2S/c1-14(2)16-8-7-9-17(13-16)26(4)23(28)21-15(3)12-20(29-21)25-22(27)18-10-5-6-11-19(18)24/h5-14H,1-4H3,(H,25,27). The van der Waals surface area contributed by atoms with Crippen molar-refractivity contribution < 1.29 is 9.59 Å². The Morgan fingerprint density at radius 1 is 1.07 bits per heavy atom. The number of hydrogen-bond donors (Lipinski definition) is 1. The van der Waals surface area contributed by atoms with E-state index in [1.807, 2.05) is 31.2 Å². The van der Waals surface area contributed by atoms with Gasteiger partial charge in [0.15, 0.2) is 0 Å². The van der Waals surface area contributed by atoms with Gasteiger partial charge in [0, 0.05) is 12.7 Å². The first kappa shape index (κ1) is 21.1. The summed E-state index contributed by atoms with van der Waals surface area (Å²) in [5.41, 5.74) is 3.24. The third kappa shape index (κ3) is 4.69. The number of aryl methyl sites for hydroxylation is 1. The summed E-state index contributed by atoms with van der Waals surface area (Å²) in [6.45, 7) is 6.11. The molecule has 29 heavy (non-hydrogen) atoms. The van der Waals surface area contributed by atoms with Gasteiger partial charge in [-0.3, -0.25) is 9.59 Å². The zero-order valence-electron chi connectivity index (χ0n) is 16.8. The lowest BCUT2D eigenvalue weighted by atomic mass is 10.0. The summed E-state index contributed by atoms with van der Waals surface area (Å²) in [4.78, 5) is 27.8. The molecular formula is C23H23ClN2O2S. The van der Waals surface area contributed by atoms with E-state index in [1.54, 1.807) is 36.2 Å². The highest BCUT2D eigenvalue weighted by molar-refractivity contribution is 7.18. The lowest BCUT2D eigenvalue weighted by Gasteiger charge is -2.18. The molecule has 3 aromatic rings. The first-order valence-electron chi connectivity index (χ1n) is 9.32. The molecule has 0 saturated carbocycles. The van der Waals surface area contributed by atoms with E-state index < -0.39 is 0 Å². The highest BCUT2D eigenvalue weighted by atomic mass is 35.5. The van der Waals surface area contributed by atoms with E-state index in [0.29, 0.717) is 26.4 Å². The van der Waals surface area contributed by atoms with Crippen molar-refractivity contribution in [3.8, 4) is 0 Å². The normalized spacial score (nSPS) is 10.8. The summed E-state index contributed by atoms with van der Waals surface area (Å²) >= 11 is 7.36. The van der Waals surface area contributed by atoms with E-state index in [9.17, 15) is 9.59 Å². The van der Waals surface area contributed by atoms with Gasteiger partial charge in [0.2, 0.25) is 0 Å². The van der Waals surface area contributed by atoms with Crippen LogP contribution in [0.3, 0.4) is 0 Å². The van der Waals surface area contributed by atoms with Gasteiger partial charge in [-0.2, -0.15) is 0 Å². The molecule has 1 N–H and O–H groups in total. The van der Waals surface area contributed by atoms with Gasteiger partial charge in [-0.05, 0) is 54.3 Å². The number of hydrogen-bond acceptors (Lipinski definition) is 3. The van der Waals surface area contributed by atoms with E-state index in [1.165, 1.54) is 16.9 Å². The third-order valence-corrected chi connectivity index (χ3v) is 6.17. The zero-order valence-corrected chi connectivity index (χ0v) is 18.4. The van der Waals surface area contributed by atoms with Gasteiger partial charge in [-0.25, -0.2) is 0 Å². The summed E-state index contributed by atoms with van der Waals surface area (Å²) in [5, 5.41) is 3.84. The molecule has 2 aromatic carbocycles. The molecule has 3 rings (SSSR count). The van der Waals surface area contributed by atoms with Crippen LogP contribution in [0.5, 0.6) is 0 Å². The molecule has 0 aliphatic rings. The molecule has 0 aliphatic carbocycles. The van der Waals surface area contributed by atoms with Crippen molar-refractivity contribution in [2.45, 2.75) is 26.7 Å². The molecule has 150 valence electrons. The second kappa shape index (κ2) is 8.80. The second-order valence-corrected chi connectivity index (χ2v) is 8.63. The van der Waals surface area contributed by atoms with Crippen molar-refractivity contribution in [1.82, 2.24) is 0 Å². The number of thiophene rings is 1. The van der Waals surface area contributed by atoms with Gasteiger partial charge in [0.25, 0.3) is 11.8 Å². The average molecular weight is 427 g/mol. The van der Waals surface area contributed by atoms with Gasteiger partial charge in [0.05, 0.1) is 20.5 Å². The fraction of sp³-hybridized carbons (Fsp3) is 0.217. The maximum Gasteiger partial charge on any atom is 0.268 e. The highest BCUT2D eigenvalue weighted by Gasteiger charge is 2.20. The molecule has 0 aliphatic heterocycles. The Morgan fingerprint density at radius 3 is 2.48 bits per heavy atom. The van der Waals surface area contributed by atoms with E-state index in [4.69, 9.17) is 11.6 Å². The minimum absolute atomic E-state index is 0.105. The Kier molecular flexibility index (Phi) is 6.40. The third-order valence-electron chi connectivity index (χ3n) is 4.70. The van der Waals surface area contributed by atoms with E-state index >= 15 is 0 Å². The Hall–Kier alpha value is -2.63. The van der Waals surface area contributed by atoms with Crippen LogP contribution in [0.1, 0.15) is 50.9 Å². The number of carbonyl (C=O) groups is 2. The Balaban J connectivity index is 1.81. The molecule has 0 unspecified atom stereocenters. The summed E-state index contributed by atoms with van der Waals surface area (Å²) < 4.78 is 0. The molecule has 1 aromatic heterocycles. The van der Waals surface area contributed by atoms with Crippen LogP contribution in [0.15, 0.2) is 54.6 Å². The number of rotatable bonds is 5. The predicted molar refractivity (Wildman–Crippen MR) is 122 cm³/mol. The summed E-state index contributed by atoms with van der Waals surface area (Å²) in [5.74, 6) is -0.0194. The quantitative estimate of drug-likeness (QED) is 0.515. The van der Waals surface area contributed by atoms with Crippen molar-refractivity contribution in [2.75, 3.05) is 17.3 Å². The van der Waals surface area contributed by atoms with Crippen molar-refractivity contribution in [1.29, 1.82) is 0 Å². The molecule has 6 heteroatoms. The molecule has 0 atom stereocenters. The lowest BCUT2D eigenvalue weighted by Crippen LogP contribution is -2.26. The fourth-order valence-corrected chi connectivity index (χ4v) is 4.21. The van der Waals surface area contributed by atoms with Crippen LogP contribution in [-0.4, -0.2) is 18.9 Å². The fourth-order valence-electron chi connectivity index (χ4n) is 2.94. The molecule has 1 heterocycles. The number of nitrogens with zero attached hydrogens (tertiary/aromatic N) is 1. The molecule has 0 saturated heterocycles. The number of anilines is 2. The van der Waals surface area contributed by atoms with E-state index in [2.05, 4.69) is 25.2 Å². The molecule has 0 bridgehead atoms. The summed E-state index contributed by atoms with van der Waals surface area (Å²) in [7, 11) is 1.77. The van der Waals surface area contributed by atoms with Crippen molar-refractivity contribution in [3.63, 3.8) is 0 Å². The van der Waals surface area contributed by atoms with Crippen molar-refractivity contribution in [3.05, 3.63) is 81.2 Å². The number of amides is 2. The molecule has 0 spiro atoms. The largest absolute Gasteiger partial charge is 0.313 e. The highest BCUT2D eigenvalue weighted by Crippen LogP contribution is 2.30. The van der Waals surface area contributed by atoms with Crippen LogP contribution in [0, 0.1) is 6.92 Å². The average Bonchev–Trinajstić information content (AvgIpc) is 3.07. The number of benzene rings is 2. The topological polar surface area (TPSA) is 49.4 Å².